The van der Waals surface area contributed by atoms with E-state index in [9.17, 15) is 14.4 Å². The zero-order chi connectivity index (χ0) is 21.0. The maximum absolute atomic E-state index is 12.8. The third-order valence-corrected chi connectivity index (χ3v) is 5.38. The number of hydrogen-bond acceptors (Lipinski definition) is 5. The van der Waals surface area contributed by atoms with Crippen LogP contribution in [0.2, 0.25) is 0 Å². The van der Waals surface area contributed by atoms with Gasteiger partial charge in [-0.15, -0.1) is 0 Å². The molecule has 3 rings (SSSR count). The zero-order valence-electron chi connectivity index (χ0n) is 16.1. The number of halogens is 1. The molecular weight excluding hydrogens is 440 g/mol. The Balaban J connectivity index is 1.65. The van der Waals surface area contributed by atoms with Crippen molar-refractivity contribution in [3.63, 3.8) is 0 Å². The van der Waals surface area contributed by atoms with Gasteiger partial charge in [0.15, 0.2) is 6.61 Å². The van der Waals surface area contributed by atoms with E-state index >= 15 is 0 Å². The van der Waals surface area contributed by atoms with Gasteiger partial charge in [-0.05, 0) is 65.2 Å². The number of amides is 2. The van der Waals surface area contributed by atoms with Gasteiger partial charge in [-0.25, -0.2) is 4.79 Å². The topological polar surface area (TPSA) is 84.9 Å². The lowest BCUT2D eigenvalue weighted by Gasteiger charge is -2.18. The molecule has 152 valence electrons. The number of carbonyl (C=O) groups excluding carboxylic acids is 3. The Morgan fingerprint density at radius 1 is 1.24 bits per heavy atom. The summed E-state index contributed by atoms with van der Waals surface area (Å²) < 4.78 is 10.7. The van der Waals surface area contributed by atoms with Gasteiger partial charge in [0.2, 0.25) is 11.8 Å². The SMILES string of the molecule is COC(=O)COc1ccc(NC(=O)C2CCN(c3ccccc3Br)C2=O)c(C)c1. The summed E-state index contributed by atoms with van der Waals surface area (Å²) in [5, 5.41) is 2.83. The highest BCUT2D eigenvalue weighted by molar-refractivity contribution is 9.10. The molecule has 0 aliphatic carbocycles. The van der Waals surface area contributed by atoms with Gasteiger partial charge in [-0.1, -0.05) is 12.1 Å². The van der Waals surface area contributed by atoms with Gasteiger partial charge < -0.3 is 19.7 Å². The van der Waals surface area contributed by atoms with Crippen molar-refractivity contribution in [3.8, 4) is 5.75 Å². The summed E-state index contributed by atoms with van der Waals surface area (Å²) in [4.78, 5) is 38.3. The van der Waals surface area contributed by atoms with Crippen molar-refractivity contribution in [1.82, 2.24) is 0 Å². The van der Waals surface area contributed by atoms with Crippen LogP contribution in [0.3, 0.4) is 0 Å². The van der Waals surface area contributed by atoms with Gasteiger partial charge in [0, 0.05) is 16.7 Å². The molecule has 0 spiro atoms. The van der Waals surface area contributed by atoms with E-state index in [1.165, 1.54) is 7.11 Å². The van der Waals surface area contributed by atoms with Gasteiger partial charge in [-0.2, -0.15) is 0 Å². The van der Waals surface area contributed by atoms with Crippen LogP contribution in [0.4, 0.5) is 11.4 Å². The number of nitrogens with zero attached hydrogens (tertiary/aromatic N) is 1. The number of esters is 1. The molecule has 1 heterocycles. The second kappa shape index (κ2) is 9.09. The summed E-state index contributed by atoms with van der Waals surface area (Å²) in [6.45, 7) is 2.10. The van der Waals surface area contributed by atoms with Crippen molar-refractivity contribution in [1.29, 1.82) is 0 Å². The molecule has 1 atom stereocenters. The molecule has 1 fully saturated rings. The van der Waals surface area contributed by atoms with Crippen LogP contribution in [-0.4, -0.2) is 38.0 Å². The first-order valence-corrected chi connectivity index (χ1v) is 9.87. The van der Waals surface area contributed by atoms with E-state index in [0.29, 0.717) is 24.4 Å². The number of nitrogens with one attached hydrogen (secondary N) is 1. The number of anilines is 2. The fraction of sp³-hybridized carbons (Fsp3) is 0.286. The van der Waals surface area contributed by atoms with Crippen LogP contribution in [0.1, 0.15) is 12.0 Å². The molecule has 1 aliphatic heterocycles. The zero-order valence-corrected chi connectivity index (χ0v) is 17.7. The second-order valence-corrected chi connectivity index (χ2v) is 7.47. The first kappa shape index (κ1) is 20.9. The first-order valence-electron chi connectivity index (χ1n) is 9.07. The van der Waals surface area contributed by atoms with Crippen LogP contribution in [0.5, 0.6) is 5.75 Å². The molecule has 1 aliphatic rings. The van der Waals surface area contributed by atoms with Crippen molar-refractivity contribution in [2.45, 2.75) is 13.3 Å². The molecule has 8 heteroatoms. The minimum absolute atomic E-state index is 0.191. The van der Waals surface area contributed by atoms with E-state index in [1.807, 2.05) is 31.2 Å². The summed E-state index contributed by atoms with van der Waals surface area (Å²) in [6.07, 6.45) is 0.450. The smallest absolute Gasteiger partial charge is 0.343 e. The van der Waals surface area contributed by atoms with Gasteiger partial charge in [-0.3, -0.25) is 9.59 Å². The van der Waals surface area contributed by atoms with Crippen molar-refractivity contribution >= 4 is 45.1 Å². The quantitative estimate of drug-likeness (QED) is 0.527. The molecular formula is C21H21BrN2O5. The highest BCUT2D eigenvalue weighted by Crippen LogP contribution is 2.32. The number of methoxy groups -OCH3 is 1. The molecule has 2 aromatic rings. The lowest BCUT2D eigenvalue weighted by molar-refractivity contribution is -0.143. The Kier molecular flexibility index (Phi) is 6.53. The average Bonchev–Trinajstić information content (AvgIpc) is 3.09. The molecule has 0 aromatic heterocycles. The van der Waals surface area contributed by atoms with Gasteiger partial charge in [0.1, 0.15) is 11.7 Å². The molecule has 1 unspecified atom stereocenters. The lowest BCUT2D eigenvalue weighted by atomic mass is 10.1. The number of aryl methyl sites for hydroxylation is 1. The Morgan fingerprint density at radius 3 is 2.69 bits per heavy atom. The van der Waals surface area contributed by atoms with Gasteiger partial charge >= 0.3 is 5.97 Å². The van der Waals surface area contributed by atoms with Crippen molar-refractivity contribution in [3.05, 3.63) is 52.5 Å². The summed E-state index contributed by atoms with van der Waals surface area (Å²) >= 11 is 3.45. The molecule has 1 N–H and O–H groups in total. The first-order chi connectivity index (χ1) is 13.9. The van der Waals surface area contributed by atoms with Crippen LogP contribution in [0.15, 0.2) is 46.9 Å². The molecule has 1 saturated heterocycles. The Bertz CT molecular complexity index is 946. The van der Waals surface area contributed by atoms with Crippen molar-refractivity contribution in [2.75, 3.05) is 30.5 Å². The average molecular weight is 461 g/mol. The van der Waals surface area contributed by atoms with E-state index in [-0.39, 0.29) is 18.4 Å². The number of para-hydroxylation sites is 1. The number of carbonyl (C=O) groups is 3. The number of benzene rings is 2. The fourth-order valence-electron chi connectivity index (χ4n) is 3.12. The second-order valence-electron chi connectivity index (χ2n) is 6.61. The molecule has 29 heavy (non-hydrogen) atoms. The molecule has 2 aromatic carbocycles. The van der Waals surface area contributed by atoms with E-state index in [2.05, 4.69) is 26.0 Å². The molecule has 0 saturated carbocycles. The van der Waals surface area contributed by atoms with Crippen LogP contribution in [0, 0.1) is 12.8 Å². The Morgan fingerprint density at radius 2 is 2.00 bits per heavy atom. The number of hydrogen-bond donors (Lipinski definition) is 1. The summed E-state index contributed by atoms with van der Waals surface area (Å²) in [6, 6.07) is 12.5. The van der Waals surface area contributed by atoms with E-state index in [4.69, 9.17) is 4.74 Å². The van der Waals surface area contributed by atoms with Crippen molar-refractivity contribution in [2.24, 2.45) is 5.92 Å². The Hall–Kier alpha value is -2.87. The summed E-state index contributed by atoms with van der Waals surface area (Å²) in [7, 11) is 1.29. The maximum atomic E-state index is 12.8. The Labute approximate surface area is 177 Å². The standard InChI is InChI=1S/C21H21BrN2O5/c1-13-11-14(29-12-19(25)28-2)7-8-17(13)23-20(26)15-9-10-24(21(15)27)18-6-4-3-5-16(18)22/h3-8,11,15H,9-10,12H2,1-2H3,(H,23,26). The highest BCUT2D eigenvalue weighted by atomic mass is 79.9. The van der Waals surface area contributed by atoms with Gasteiger partial charge in [0.05, 0.1) is 12.8 Å². The monoisotopic (exact) mass is 460 g/mol. The molecule has 7 nitrogen and oxygen atoms in total. The minimum Gasteiger partial charge on any atom is -0.482 e. The van der Waals surface area contributed by atoms with Crippen LogP contribution >= 0.6 is 15.9 Å². The lowest BCUT2D eigenvalue weighted by Crippen LogP contribution is -2.33. The molecule has 0 bridgehead atoms. The highest BCUT2D eigenvalue weighted by Gasteiger charge is 2.38. The predicted molar refractivity (Wildman–Crippen MR) is 112 cm³/mol. The number of ether oxygens (including phenoxy) is 2. The molecule has 0 radical (unpaired) electrons. The predicted octanol–water partition coefficient (Wildman–Crippen LogP) is 3.30. The van der Waals surface area contributed by atoms with Crippen LogP contribution in [0.25, 0.3) is 0 Å². The third-order valence-electron chi connectivity index (χ3n) is 4.71. The largest absolute Gasteiger partial charge is 0.482 e. The minimum atomic E-state index is -0.739. The van der Waals surface area contributed by atoms with E-state index < -0.39 is 11.9 Å². The van der Waals surface area contributed by atoms with Crippen LogP contribution < -0.4 is 15.0 Å². The van der Waals surface area contributed by atoms with Crippen LogP contribution in [-0.2, 0) is 19.1 Å². The van der Waals surface area contributed by atoms with E-state index in [1.54, 1.807) is 23.1 Å². The third kappa shape index (κ3) is 4.76. The maximum Gasteiger partial charge on any atom is 0.343 e. The fourth-order valence-corrected chi connectivity index (χ4v) is 3.62. The molecule has 2 amide bonds. The van der Waals surface area contributed by atoms with Crippen molar-refractivity contribution < 1.29 is 23.9 Å². The number of rotatable bonds is 6. The van der Waals surface area contributed by atoms with Gasteiger partial charge in [0.25, 0.3) is 0 Å². The van der Waals surface area contributed by atoms with E-state index in [0.717, 1.165) is 15.7 Å². The normalized spacial score (nSPS) is 15.9. The summed E-state index contributed by atoms with van der Waals surface area (Å²) in [5.74, 6) is -1.28. The summed E-state index contributed by atoms with van der Waals surface area (Å²) in [5.41, 5.74) is 2.11.